The normalized spacial score (nSPS) is 13.7. The summed E-state index contributed by atoms with van der Waals surface area (Å²) < 4.78 is 5.15. The zero-order valence-corrected chi connectivity index (χ0v) is 10.8. The van der Waals surface area contributed by atoms with Crippen LogP contribution in [-0.2, 0) is 14.3 Å². The van der Waals surface area contributed by atoms with Gasteiger partial charge in [-0.3, -0.25) is 9.59 Å². The van der Waals surface area contributed by atoms with E-state index in [1.807, 2.05) is 19.1 Å². The first-order chi connectivity index (χ1) is 8.60. The van der Waals surface area contributed by atoms with E-state index in [0.717, 1.165) is 6.42 Å². The number of carbonyl (C=O) groups excluding carboxylic acids is 1. The molecule has 0 spiro atoms. The van der Waals surface area contributed by atoms with E-state index in [4.69, 9.17) is 9.84 Å². The lowest BCUT2D eigenvalue weighted by molar-refractivity contribution is -0.138. The summed E-state index contributed by atoms with van der Waals surface area (Å²) in [7, 11) is 1.66. The van der Waals surface area contributed by atoms with Gasteiger partial charge in [0, 0.05) is 13.5 Å². The average molecular weight is 252 g/mol. The van der Waals surface area contributed by atoms with Crippen LogP contribution in [0, 0.1) is 0 Å². The molecular weight excluding hydrogens is 232 g/mol. The summed E-state index contributed by atoms with van der Waals surface area (Å²) in [6, 6.07) is 0. The predicted molar refractivity (Wildman–Crippen MR) is 70.4 cm³/mol. The van der Waals surface area contributed by atoms with E-state index in [1.54, 1.807) is 25.3 Å². The molecule has 4 heteroatoms. The Kier molecular flexibility index (Phi) is 9.50. The highest BCUT2D eigenvalue weighted by atomic mass is 16.5. The third kappa shape index (κ3) is 9.54. The highest BCUT2D eigenvalue weighted by Gasteiger charge is 2.00. The van der Waals surface area contributed by atoms with Crippen LogP contribution in [0.1, 0.15) is 26.2 Å². The van der Waals surface area contributed by atoms with E-state index < -0.39 is 5.97 Å². The van der Waals surface area contributed by atoms with E-state index in [0.29, 0.717) is 0 Å². The summed E-state index contributed by atoms with van der Waals surface area (Å²) in [4.78, 5) is 21.4. The second-order valence-electron chi connectivity index (χ2n) is 3.67. The molecule has 0 aromatic rings. The molecule has 0 aliphatic rings. The maximum atomic E-state index is 11.2. The first kappa shape index (κ1) is 16.3. The number of carboxylic acid groups (broad SMARTS) is 1. The second kappa shape index (κ2) is 10.5. The van der Waals surface area contributed by atoms with E-state index in [9.17, 15) is 9.59 Å². The molecule has 0 fully saturated rings. The van der Waals surface area contributed by atoms with Crippen molar-refractivity contribution in [3.8, 4) is 0 Å². The lowest BCUT2D eigenvalue weighted by Crippen LogP contribution is -2.03. The van der Waals surface area contributed by atoms with Crippen LogP contribution < -0.4 is 0 Å². The van der Waals surface area contributed by atoms with Gasteiger partial charge in [-0.25, -0.2) is 0 Å². The quantitative estimate of drug-likeness (QED) is 0.506. The van der Waals surface area contributed by atoms with Crippen molar-refractivity contribution in [3.63, 3.8) is 0 Å². The average Bonchev–Trinajstić information content (AvgIpc) is 2.35. The number of methoxy groups -OCH3 is 1. The SMILES string of the molecule is CCC(C=CC=CC=CC(=O)CCC(=O)O)OC. The van der Waals surface area contributed by atoms with Crippen LogP contribution in [0.25, 0.3) is 0 Å². The van der Waals surface area contributed by atoms with Crippen molar-refractivity contribution in [1.29, 1.82) is 0 Å². The topological polar surface area (TPSA) is 63.6 Å². The highest BCUT2D eigenvalue weighted by molar-refractivity contribution is 5.91. The van der Waals surface area contributed by atoms with Crippen LogP contribution in [0.2, 0.25) is 0 Å². The number of aliphatic carboxylic acids is 1. The molecule has 0 rings (SSSR count). The summed E-state index contributed by atoms with van der Waals surface area (Å²) >= 11 is 0. The van der Waals surface area contributed by atoms with Gasteiger partial charge in [-0.2, -0.15) is 0 Å². The molecule has 0 aromatic heterocycles. The summed E-state index contributed by atoms with van der Waals surface area (Å²) in [6.07, 6.45) is 11.2. The molecule has 0 aromatic carbocycles. The number of hydrogen-bond donors (Lipinski definition) is 1. The maximum Gasteiger partial charge on any atom is 0.303 e. The molecule has 4 nitrogen and oxygen atoms in total. The number of carbonyl (C=O) groups is 2. The molecular formula is C14H20O4. The summed E-state index contributed by atoms with van der Waals surface area (Å²) in [6.45, 7) is 2.03. The first-order valence-corrected chi connectivity index (χ1v) is 5.89. The lowest BCUT2D eigenvalue weighted by Gasteiger charge is -2.04. The minimum atomic E-state index is -0.958. The molecule has 1 N–H and O–H groups in total. The van der Waals surface area contributed by atoms with E-state index in [-0.39, 0.29) is 24.7 Å². The molecule has 0 saturated carbocycles. The summed E-state index contributed by atoms with van der Waals surface area (Å²) in [5.74, 6) is -1.14. The number of hydrogen-bond acceptors (Lipinski definition) is 3. The van der Waals surface area contributed by atoms with Gasteiger partial charge in [-0.15, -0.1) is 0 Å². The number of rotatable bonds is 9. The maximum absolute atomic E-state index is 11.2. The second-order valence-corrected chi connectivity index (χ2v) is 3.67. The molecule has 1 unspecified atom stereocenters. The number of ether oxygens (including phenoxy) is 1. The molecule has 0 amide bonds. The van der Waals surface area contributed by atoms with Crippen molar-refractivity contribution in [2.75, 3.05) is 7.11 Å². The van der Waals surface area contributed by atoms with E-state index in [2.05, 4.69) is 0 Å². The molecule has 0 radical (unpaired) electrons. The van der Waals surface area contributed by atoms with Gasteiger partial charge in [0.05, 0.1) is 12.5 Å². The molecule has 0 bridgehead atoms. The van der Waals surface area contributed by atoms with Crippen LogP contribution in [0.3, 0.4) is 0 Å². The first-order valence-electron chi connectivity index (χ1n) is 5.89. The van der Waals surface area contributed by atoms with Crippen molar-refractivity contribution < 1.29 is 19.4 Å². The van der Waals surface area contributed by atoms with Crippen molar-refractivity contribution in [1.82, 2.24) is 0 Å². The van der Waals surface area contributed by atoms with Gasteiger partial charge < -0.3 is 9.84 Å². The Hall–Kier alpha value is -1.68. The molecule has 0 aliphatic heterocycles. The van der Waals surface area contributed by atoms with E-state index >= 15 is 0 Å². The minimum absolute atomic E-state index is 0.0388. The largest absolute Gasteiger partial charge is 0.481 e. The zero-order chi connectivity index (χ0) is 13.8. The standard InChI is InChI=1S/C14H20O4/c1-3-13(18-2)9-7-5-4-6-8-12(15)10-11-14(16)17/h4-9,13H,3,10-11H2,1-2H3,(H,16,17). The van der Waals surface area contributed by atoms with Gasteiger partial charge in [0.25, 0.3) is 0 Å². The summed E-state index contributed by atoms with van der Waals surface area (Å²) in [5, 5.41) is 8.39. The number of allylic oxidation sites excluding steroid dienone is 5. The molecule has 100 valence electrons. The molecule has 0 heterocycles. The Morgan fingerprint density at radius 3 is 2.39 bits per heavy atom. The van der Waals surface area contributed by atoms with Gasteiger partial charge in [0.1, 0.15) is 0 Å². The van der Waals surface area contributed by atoms with Gasteiger partial charge in [0.2, 0.25) is 0 Å². The number of carboxylic acids is 1. The van der Waals surface area contributed by atoms with Crippen molar-refractivity contribution in [3.05, 3.63) is 36.5 Å². The summed E-state index contributed by atoms with van der Waals surface area (Å²) in [5.41, 5.74) is 0. The fourth-order valence-electron chi connectivity index (χ4n) is 1.17. The van der Waals surface area contributed by atoms with E-state index in [1.165, 1.54) is 6.08 Å². The number of ketones is 1. The Balaban J connectivity index is 3.93. The fourth-order valence-corrected chi connectivity index (χ4v) is 1.17. The Bertz CT molecular complexity index is 336. The smallest absolute Gasteiger partial charge is 0.303 e. The van der Waals surface area contributed by atoms with Crippen LogP contribution in [0.4, 0.5) is 0 Å². The molecule has 0 saturated heterocycles. The Labute approximate surface area is 108 Å². The Morgan fingerprint density at radius 1 is 1.17 bits per heavy atom. The third-order valence-electron chi connectivity index (χ3n) is 2.23. The van der Waals surface area contributed by atoms with Gasteiger partial charge in [0.15, 0.2) is 5.78 Å². The van der Waals surface area contributed by atoms with Crippen molar-refractivity contribution >= 4 is 11.8 Å². The predicted octanol–water partition coefficient (Wildman–Crippen LogP) is 2.51. The Morgan fingerprint density at radius 2 is 1.83 bits per heavy atom. The fraction of sp³-hybridized carbons (Fsp3) is 0.429. The molecule has 1 atom stereocenters. The van der Waals surface area contributed by atoms with Crippen LogP contribution in [0.5, 0.6) is 0 Å². The zero-order valence-electron chi connectivity index (χ0n) is 10.8. The van der Waals surface area contributed by atoms with Crippen molar-refractivity contribution in [2.45, 2.75) is 32.3 Å². The van der Waals surface area contributed by atoms with Crippen LogP contribution in [-0.4, -0.2) is 30.1 Å². The van der Waals surface area contributed by atoms with Gasteiger partial charge in [-0.05, 0) is 12.5 Å². The minimum Gasteiger partial charge on any atom is -0.481 e. The van der Waals surface area contributed by atoms with Gasteiger partial charge in [-0.1, -0.05) is 37.3 Å². The highest BCUT2D eigenvalue weighted by Crippen LogP contribution is 1.98. The monoisotopic (exact) mass is 252 g/mol. The molecule has 0 aliphatic carbocycles. The van der Waals surface area contributed by atoms with Crippen molar-refractivity contribution in [2.24, 2.45) is 0 Å². The van der Waals surface area contributed by atoms with Crippen LogP contribution >= 0.6 is 0 Å². The third-order valence-corrected chi connectivity index (χ3v) is 2.23. The van der Waals surface area contributed by atoms with Gasteiger partial charge >= 0.3 is 5.97 Å². The van der Waals surface area contributed by atoms with Crippen LogP contribution in [0.15, 0.2) is 36.5 Å². The molecule has 18 heavy (non-hydrogen) atoms. The lowest BCUT2D eigenvalue weighted by atomic mass is 10.2.